The number of likely N-dealkylation sites (N-methyl/N-ethyl adjacent to an activating group) is 1. The highest BCUT2D eigenvalue weighted by Crippen LogP contribution is 2.28. The Morgan fingerprint density at radius 1 is 0.960 bits per heavy atom. The molecule has 2 aromatic carbocycles. The second-order valence-corrected chi connectivity index (χ2v) is 6.52. The molecule has 0 unspecified atom stereocenters. The predicted molar refractivity (Wildman–Crippen MR) is 96.8 cm³/mol. The summed E-state index contributed by atoms with van der Waals surface area (Å²) in [5.41, 5.74) is -1.26. The first-order valence-corrected chi connectivity index (χ1v) is 8.78. The minimum Gasteiger partial charge on any atom is -0.834 e. The fraction of sp³-hybridized carbons (Fsp3) is 0.381. The van der Waals surface area contributed by atoms with Crippen LogP contribution < -0.4 is 5.11 Å². The Labute approximate surface area is 150 Å². The molecule has 0 heterocycles. The predicted octanol–water partition coefficient (Wildman–Crippen LogP) is 2.32. The van der Waals surface area contributed by atoms with Gasteiger partial charge in [0.15, 0.2) is 0 Å². The molecule has 0 amide bonds. The highest BCUT2D eigenvalue weighted by atomic mass is 16.5. The molecule has 0 aromatic heterocycles. The number of benzene rings is 2. The zero-order valence-electron chi connectivity index (χ0n) is 15.3. The van der Waals surface area contributed by atoms with Crippen LogP contribution in [0.1, 0.15) is 25.0 Å². The molecule has 2 rings (SSSR count). The third-order valence-corrected chi connectivity index (χ3v) is 5.04. The van der Waals surface area contributed by atoms with Crippen LogP contribution in [0, 0.1) is 0 Å². The van der Waals surface area contributed by atoms with E-state index in [1.807, 2.05) is 12.1 Å². The van der Waals surface area contributed by atoms with Crippen molar-refractivity contribution in [2.75, 3.05) is 33.3 Å². The molecule has 4 nitrogen and oxygen atoms in total. The maximum Gasteiger partial charge on any atom is 0.304 e. The van der Waals surface area contributed by atoms with Gasteiger partial charge in [0, 0.05) is 5.60 Å². The largest absolute Gasteiger partial charge is 0.834 e. The second-order valence-electron chi connectivity index (χ2n) is 6.52. The summed E-state index contributed by atoms with van der Waals surface area (Å²) in [7, 11) is 2.12. The molecule has 0 saturated heterocycles. The number of carbonyl (C=O) groups excluding carboxylic acids is 1. The third kappa shape index (κ3) is 4.27. The highest BCUT2D eigenvalue weighted by Gasteiger charge is 2.32. The lowest BCUT2D eigenvalue weighted by Crippen LogP contribution is -2.52. The second kappa shape index (κ2) is 8.28. The van der Waals surface area contributed by atoms with Crippen LogP contribution in [0.5, 0.6) is 0 Å². The fourth-order valence-corrected chi connectivity index (χ4v) is 2.75. The van der Waals surface area contributed by atoms with Gasteiger partial charge in [-0.25, -0.2) is 0 Å². The molecule has 0 spiro atoms. The van der Waals surface area contributed by atoms with Crippen molar-refractivity contribution in [3.8, 4) is 0 Å². The standard InChI is InChI=1S/C21H27NO3/c1-4-22(3,5-2)16-17-25-20(23)21(24,18-12-8-6-9-13-18)19-14-10-7-11-15-19/h6-15H,4-5,16-17H2,1-3H3. The van der Waals surface area contributed by atoms with Crippen LogP contribution in [0.4, 0.5) is 0 Å². The van der Waals surface area contributed by atoms with Crippen LogP contribution in [0.2, 0.25) is 0 Å². The number of hydrogen-bond acceptors (Lipinski definition) is 3. The van der Waals surface area contributed by atoms with Gasteiger partial charge in [-0.15, -0.1) is 0 Å². The van der Waals surface area contributed by atoms with Crippen molar-refractivity contribution in [2.45, 2.75) is 19.4 Å². The van der Waals surface area contributed by atoms with Crippen LogP contribution in [0.15, 0.2) is 60.7 Å². The van der Waals surface area contributed by atoms with E-state index in [9.17, 15) is 9.90 Å². The molecule has 0 radical (unpaired) electrons. The van der Waals surface area contributed by atoms with E-state index in [1.165, 1.54) is 0 Å². The Kier molecular flexibility index (Phi) is 6.34. The SMILES string of the molecule is CC[N+](C)(CC)CCOC(=O)C([O-])(c1ccccc1)c1ccccc1. The Bertz CT molecular complexity index is 627. The third-order valence-electron chi connectivity index (χ3n) is 5.04. The number of hydrogen-bond donors (Lipinski definition) is 0. The van der Waals surface area contributed by atoms with E-state index in [0.717, 1.165) is 17.6 Å². The fourth-order valence-electron chi connectivity index (χ4n) is 2.75. The van der Waals surface area contributed by atoms with E-state index < -0.39 is 11.6 Å². The molecule has 0 fully saturated rings. The topological polar surface area (TPSA) is 49.4 Å². The number of ether oxygens (including phenoxy) is 1. The molecule has 0 atom stereocenters. The van der Waals surface area contributed by atoms with Gasteiger partial charge in [-0.3, -0.25) is 4.79 Å². The molecule has 0 aliphatic heterocycles. The van der Waals surface area contributed by atoms with Crippen LogP contribution in [0.3, 0.4) is 0 Å². The summed E-state index contributed by atoms with van der Waals surface area (Å²) >= 11 is 0. The maximum absolute atomic E-state index is 13.6. The summed E-state index contributed by atoms with van der Waals surface area (Å²) in [6.45, 7) is 7.05. The lowest BCUT2D eigenvalue weighted by Gasteiger charge is -2.39. The van der Waals surface area contributed by atoms with Gasteiger partial charge in [-0.1, -0.05) is 60.7 Å². The van der Waals surface area contributed by atoms with E-state index >= 15 is 0 Å². The van der Waals surface area contributed by atoms with Crippen molar-refractivity contribution in [3.63, 3.8) is 0 Å². The van der Waals surface area contributed by atoms with Gasteiger partial charge < -0.3 is 14.3 Å². The molecule has 4 heteroatoms. The minimum absolute atomic E-state index is 0.237. The van der Waals surface area contributed by atoms with Crippen molar-refractivity contribution in [3.05, 3.63) is 71.8 Å². The van der Waals surface area contributed by atoms with Crippen LogP contribution >= 0.6 is 0 Å². The molecule has 0 aliphatic rings. The average molecular weight is 341 g/mol. The van der Waals surface area contributed by atoms with Crippen molar-refractivity contribution in [1.82, 2.24) is 0 Å². The highest BCUT2D eigenvalue weighted by molar-refractivity contribution is 5.84. The summed E-state index contributed by atoms with van der Waals surface area (Å²) in [6, 6.07) is 17.4. The van der Waals surface area contributed by atoms with Gasteiger partial charge in [0.05, 0.1) is 20.1 Å². The first kappa shape index (κ1) is 19.2. The zero-order chi connectivity index (χ0) is 18.3. The molecule has 0 aliphatic carbocycles. The molecule has 0 saturated carbocycles. The van der Waals surface area contributed by atoms with Crippen molar-refractivity contribution >= 4 is 5.97 Å². The maximum atomic E-state index is 13.6. The van der Waals surface area contributed by atoms with Crippen LogP contribution in [-0.2, 0) is 15.1 Å². The Hall–Kier alpha value is -2.17. The Balaban J connectivity index is 2.23. The molecule has 25 heavy (non-hydrogen) atoms. The smallest absolute Gasteiger partial charge is 0.304 e. The summed E-state index contributed by atoms with van der Waals surface area (Å²) in [6.07, 6.45) is 0. The first-order valence-electron chi connectivity index (χ1n) is 8.78. The van der Waals surface area contributed by atoms with E-state index in [0.29, 0.717) is 17.7 Å². The Morgan fingerprint density at radius 2 is 1.40 bits per heavy atom. The summed E-state index contributed by atoms with van der Waals surface area (Å²) in [5.74, 6) is -0.747. The number of carbonyl (C=O) groups is 1. The van der Waals surface area contributed by atoms with Crippen LogP contribution in [0.25, 0.3) is 0 Å². The van der Waals surface area contributed by atoms with Crippen molar-refractivity contribution in [2.24, 2.45) is 0 Å². The van der Waals surface area contributed by atoms with E-state index in [2.05, 4.69) is 20.9 Å². The summed E-state index contributed by atoms with van der Waals surface area (Å²) in [4.78, 5) is 12.8. The van der Waals surface area contributed by atoms with Gasteiger partial charge >= 0.3 is 5.97 Å². The van der Waals surface area contributed by atoms with Gasteiger partial charge in [0.2, 0.25) is 0 Å². The molecular formula is C21H27NO3. The minimum atomic E-state index is -2.05. The Morgan fingerprint density at radius 3 is 1.80 bits per heavy atom. The number of nitrogens with zero attached hydrogens (tertiary/aromatic N) is 1. The van der Waals surface area contributed by atoms with Gasteiger partial charge in [0.25, 0.3) is 0 Å². The van der Waals surface area contributed by atoms with Crippen molar-refractivity contribution in [1.29, 1.82) is 0 Å². The van der Waals surface area contributed by atoms with Gasteiger partial charge in [-0.2, -0.15) is 0 Å². The normalized spacial score (nSPS) is 12.0. The van der Waals surface area contributed by atoms with E-state index in [1.54, 1.807) is 48.5 Å². The molecule has 0 N–H and O–H groups in total. The number of esters is 1. The lowest BCUT2D eigenvalue weighted by molar-refractivity contribution is -0.906. The lowest BCUT2D eigenvalue weighted by atomic mass is 9.86. The molecule has 2 aromatic rings. The first-order chi connectivity index (χ1) is 12.0. The number of rotatable bonds is 8. The summed E-state index contributed by atoms with van der Waals surface area (Å²) in [5, 5.41) is 13.6. The van der Waals surface area contributed by atoms with Gasteiger partial charge in [-0.05, 0) is 25.0 Å². The summed E-state index contributed by atoms with van der Waals surface area (Å²) < 4.78 is 6.25. The van der Waals surface area contributed by atoms with E-state index in [-0.39, 0.29) is 6.61 Å². The monoisotopic (exact) mass is 341 g/mol. The van der Waals surface area contributed by atoms with Gasteiger partial charge in [0.1, 0.15) is 13.2 Å². The van der Waals surface area contributed by atoms with E-state index in [4.69, 9.17) is 4.74 Å². The molecular weight excluding hydrogens is 314 g/mol. The quantitative estimate of drug-likeness (QED) is 0.547. The average Bonchev–Trinajstić information content (AvgIpc) is 2.68. The van der Waals surface area contributed by atoms with Crippen molar-refractivity contribution < 1.29 is 19.1 Å². The van der Waals surface area contributed by atoms with Crippen LogP contribution in [-0.4, -0.2) is 43.7 Å². The number of quaternary nitrogens is 1. The zero-order valence-corrected chi connectivity index (χ0v) is 15.3. The molecule has 134 valence electrons. The molecule has 0 bridgehead atoms.